The Kier molecular flexibility index (Phi) is 8.29. The summed E-state index contributed by atoms with van der Waals surface area (Å²) >= 11 is 0. The molecule has 1 amide bonds. The summed E-state index contributed by atoms with van der Waals surface area (Å²) in [6.45, 7) is 8.52. The Morgan fingerprint density at radius 2 is 1.59 bits per heavy atom. The second-order valence-corrected chi connectivity index (χ2v) is 9.84. The van der Waals surface area contributed by atoms with Crippen LogP contribution < -0.4 is 14.2 Å². The molecule has 0 bridgehead atoms. The van der Waals surface area contributed by atoms with Crippen LogP contribution in [0.5, 0.6) is 17.2 Å². The molecular formula is C32H35NO6. The first-order valence-corrected chi connectivity index (χ1v) is 13.0. The van der Waals surface area contributed by atoms with E-state index in [1.807, 2.05) is 88.4 Å². The molecule has 7 nitrogen and oxygen atoms in total. The Bertz CT molecular complexity index is 1390. The third kappa shape index (κ3) is 5.48. The highest BCUT2D eigenvalue weighted by atomic mass is 16.5. The lowest BCUT2D eigenvalue weighted by Gasteiger charge is -2.26. The highest BCUT2D eigenvalue weighted by Gasteiger charge is 2.46. The van der Waals surface area contributed by atoms with Gasteiger partial charge in [0.1, 0.15) is 23.0 Å². The average Bonchev–Trinajstić information content (AvgIpc) is 3.18. The fraction of sp³-hybridized carbons (Fsp3) is 0.312. The number of methoxy groups -OCH3 is 2. The van der Waals surface area contributed by atoms with E-state index in [9.17, 15) is 14.7 Å². The van der Waals surface area contributed by atoms with Crippen LogP contribution in [0.2, 0.25) is 0 Å². The van der Waals surface area contributed by atoms with Crippen molar-refractivity contribution in [2.24, 2.45) is 0 Å². The van der Waals surface area contributed by atoms with Crippen LogP contribution in [0.4, 0.5) is 0 Å². The van der Waals surface area contributed by atoms with E-state index in [0.29, 0.717) is 35.0 Å². The third-order valence-electron chi connectivity index (χ3n) is 7.01. The van der Waals surface area contributed by atoms with E-state index in [2.05, 4.69) is 0 Å². The van der Waals surface area contributed by atoms with Crippen molar-refractivity contribution >= 4 is 17.4 Å². The van der Waals surface area contributed by atoms with Crippen LogP contribution >= 0.6 is 0 Å². The second-order valence-electron chi connectivity index (χ2n) is 9.84. The van der Waals surface area contributed by atoms with Crippen molar-refractivity contribution in [1.29, 1.82) is 0 Å². The number of amides is 1. The van der Waals surface area contributed by atoms with Crippen LogP contribution in [0.25, 0.3) is 5.76 Å². The summed E-state index contributed by atoms with van der Waals surface area (Å²) in [6, 6.07) is 17.5. The molecule has 204 valence electrons. The molecule has 3 aromatic rings. The largest absolute Gasteiger partial charge is 0.507 e. The summed E-state index contributed by atoms with van der Waals surface area (Å²) in [5, 5.41) is 11.7. The van der Waals surface area contributed by atoms with Gasteiger partial charge in [-0.15, -0.1) is 0 Å². The van der Waals surface area contributed by atoms with Crippen LogP contribution in [0.3, 0.4) is 0 Å². The maximum absolute atomic E-state index is 13.5. The van der Waals surface area contributed by atoms with Gasteiger partial charge >= 0.3 is 0 Å². The average molecular weight is 530 g/mol. The number of carbonyl (C=O) groups is 2. The van der Waals surface area contributed by atoms with Gasteiger partial charge in [0.2, 0.25) is 0 Å². The third-order valence-corrected chi connectivity index (χ3v) is 7.01. The summed E-state index contributed by atoms with van der Waals surface area (Å²) in [4.78, 5) is 28.5. The minimum absolute atomic E-state index is 0.0562. The SMILES string of the molecule is CCOc1ccc(C2/C(=C(\O)c3cc(C(C)C)c(OC)cc3C)C(=O)C(=O)N2Cc2ccc(OC)cc2)cc1. The van der Waals surface area contributed by atoms with Crippen molar-refractivity contribution in [2.45, 2.75) is 46.2 Å². The molecule has 1 atom stereocenters. The molecule has 0 radical (unpaired) electrons. The molecule has 7 heteroatoms. The summed E-state index contributed by atoms with van der Waals surface area (Å²) in [5.74, 6) is 0.614. The van der Waals surface area contributed by atoms with Gasteiger partial charge in [0.15, 0.2) is 0 Å². The number of ketones is 1. The predicted octanol–water partition coefficient (Wildman–Crippen LogP) is 6.16. The number of aryl methyl sites for hydroxylation is 1. The number of likely N-dealkylation sites (tertiary alicyclic amines) is 1. The summed E-state index contributed by atoms with van der Waals surface area (Å²) in [6.07, 6.45) is 0. The van der Waals surface area contributed by atoms with E-state index in [1.54, 1.807) is 14.2 Å². The number of hydrogen-bond donors (Lipinski definition) is 1. The number of aliphatic hydroxyl groups is 1. The van der Waals surface area contributed by atoms with E-state index in [1.165, 1.54) is 4.90 Å². The summed E-state index contributed by atoms with van der Waals surface area (Å²) in [5.41, 5.74) is 3.72. The molecule has 1 heterocycles. The van der Waals surface area contributed by atoms with Crippen molar-refractivity contribution in [3.8, 4) is 17.2 Å². The Balaban J connectivity index is 1.88. The van der Waals surface area contributed by atoms with Gasteiger partial charge in [-0.05, 0) is 78.4 Å². The van der Waals surface area contributed by atoms with Crippen molar-refractivity contribution in [2.75, 3.05) is 20.8 Å². The van der Waals surface area contributed by atoms with Gasteiger partial charge in [-0.2, -0.15) is 0 Å². The Labute approximate surface area is 229 Å². The van der Waals surface area contributed by atoms with Crippen molar-refractivity contribution in [3.05, 3.63) is 94.1 Å². The lowest BCUT2D eigenvalue weighted by Crippen LogP contribution is -2.29. The smallest absolute Gasteiger partial charge is 0.295 e. The maximum Gasteiger partial charge on any atom is 0.295 e. The minimum atomic E-state index is -0.785. The highest BCUT2D eigenvalue weighted by Crippen LogP contribution is 2.42. The Morgan fingerprint density at radius 1 is 0.949 bits per heavy atom. The number of hydrogen-bond acceptors (Lipinski definition) is 6. The molecule has 4 rings (SSSR count). The van der Waals surface area contributed by atoms with E-state index in [-0.39, 0.29) is 23.8 Å². The monoisotopic (exact) mass is 529 g/mol. The first kappa shape index (κ1) is 27.8. The zero-order valence-electron chi connectivity index (χ0n) is 23.3. The maximum atomic E-state index is 13.5. The molecule has 1 aliphatic rings. The lowest BCUT2D eigenvalue weighted by molar-refractivity contribution is -0.140. The fourth-order valence-corrected chi connectivity index (χ4v) is 4.96. The first-order valence-electron chi connectivity index (χ1n) is 13.0. The van der Waals surface area contributed by atoms with Crippen LogP contribution in [-0.4, -0.2) is 42.5 Å². The lowest BCUT2D eigenvalue weighted by atomic mass is 9.91. The molecule has 1 unspecified atom stereocenters. The zero-order valence-corrected chi connectivity index (χ0v) is 23.3. The van der Waals surface area contributed by atoms with E-state index < -0.39 is 17.7 Å². The molecule has 1 N–H and O–H groups in total. The highest BCUT2D eigenvalue weighted by molar-refractivity contribution is 6.46. The molecule has 0 aromatic heterocycles. The number of aliphatic hydroxyl groups excluding tert-OH is 1. The van der Waals surface area contributed by atoms with Gasteiger partial charge < -0.3 is 24.2 Å². The standard InChI is InChI=1S/C32H35NO6/c1-7-39-24-14-10-22(11-15-24)29-28(30(34)26-17-25(19(2)3)27(38-6)16-20(26)4)31(35)32(36)33(29)18-21-8-12-23(37-5)13-9-21/h8-17,19,29,34H,7,18H2,1-6H3/b30-28+. The van der Waals surface area contributed by atoms with E-state index in [4.69, 9.17) is 14.2 Å². The number of Topliss-reactive ketones (excluding diaryl/α,β-unsaturated/α-hetero) is 1. The van der Waals surface area contributed by atoms with Gasteiger partial charge in [0, 0.05) is 12.1 Å². The molecule has 1 fully saturated rings. The molecule has 0 saturated carbocycles. The van der Waals surface area contributed by atoms with Crippen LogP contribution in [-0.2, 0) is 16.1 Å². The number of rotatable bonds is 9. The zero-order chi connectivity index (χ0) is 28.3. The quantitative estimate of drug-likeness (QED) is 0.203. The van der Waals surface area contributed by atoms with Crippen LogP contribution in [0.15, 0.2) is 66.2 Å². The van der Waals surface area contributed by atoms with E-state index >= 15 is 0 Å². The normalized spacial score (nSPS) is 16.6. The fourth-order valence-electron chi connectivity index (χ4n) is 4.96. The van der Waals surface area contributed by atoms with Crippen LogP contribution in [0, 0.1) is 6.92 Å². The second kappa shape index (κ2) is 11.6. The van der Waals surface area contributed by atoms with Crippen molar-refractivity contribution < 1.29 is 28.9 Å². The van der Waals surface area contributed by atoms with E-state index in [0.717, 1.165) is 16.7 Å². The van der Waals surface area contributed by atoms with Crippen molar-refractivity contribution in [1.82, 2.24) is 4.90 Å². The number of carbonyl (C=O) groups excluding carboxylic acids is 2. The topological polar surface area (TPSA) is 85.3 Å². The molecular weight excluding hydrogens is 494 g/mol. The molecule has 0 aliphatic carbocycles. The summed E-state index contributed by atoms with van der Waals surface area (Å²) < 4.78 is 16.4. The summed E-state index contributed by atoms with van der Waals surface area (Å²) in [7, 11) is 3.20. The Hall–Kier alpha value is -4.26. The molecule has 3 aromatic carbocycles. The molecule has 1 aliphatic heterocycles. The van der Waals surface area contributed by atoms with Crippen LogP contribution in [0.1, 0.15) is 60.5 Å². The predicted molar refractivity (Wildman–Crippen MR) is 150 cm³/mol. The molecule has 1 saturated heterocycles. The van der Waals surface area contributed by atoms with Gasteiger partial charge in [0.05, 0.1) is 32.4 Å². The Morgan fingerprint density at radius 3 is 2.15 bits per heavy atom. The van der Waals surface area contributed by atoms with Crippen molar-refractivity contribution in [3.63, 3.8) is 0 Å². The van der Waals surface area contributed by atoms with Gasteiger partial charge in [-0.3, -0.25) is 9.59 Å². The number of benzene rings is 3. The molecule has 39 heavy (non-hydrogen) atoms. The molecule has 0 spiro atoms. The first-order chi connectivity index (χ1) is 18.7. The number of ether oxygens (including phenoxy) is 3. The number of nitrogens with zero attached hydrogens (tertiary/aromatic N) is 1. The van der Waals surface area contributed by atoms with Gasteiger partial charge in [-0.25, -0.2) is 0 Å². The van der Waals surface area contributed by atoms with Gasteiger partial charge in [-0.1, -0.05) is 38.1 Å². The van der Waals surface area contributed by atoms with Gasteiger partial charge in [0.25, 0.3) is 11.7 Å². The minimum Gasteiger partial charge on any atom is -0.507 e.